The number of non-ortho nitro benzene ring substituents is 1. The van der Waals surface area contributed by atoms with E-state index in [2.05, 4.69) is 27.6 Å². The summed E-state index contributed by atoms with van der Waals surface area (Å²) in [6.07, 6.45) is 1.60. The highest BCUT2D eigenvalue weighted by Crippen LogP contribution is 2.19. The van der Waals surface area contributed by atoms with Crippen molar-refractivity contribution in [1.29, 1.82) is 0 Å². The van der Waals surface area contributed by atoms with Crippen LogP contribution >= 0.6 is 11.3 Å². The van der Waals surface area contributed by atoms with Crippen molar-refractivity contribution in [3.05, 3.63) is 80.8 Å². The third kappa shape index (κ3) is 4.45. The molecule has 0 aliphatic carbocycles. The molecule has 0 saturated carbocycles. The summed E-state index contributed by atoms with van der Waals surface area (Å²) in [7, 11) is 0. The van der Waals surface area contributed by atoms with Crippen molar-refractivity contribution in [1.82, 2.24) is 10.2 Å². The first kappa shape index (κ1) is 16.7. The van der Waals surface area contributed by atoms with Crippen molar-refractivity contribution < 1.29 is 9.72 Å². The van der Waals surface area contributed by atoms with Gasteiger partial charge in [0.1, 0.15) is 5.01 Å². The summed E-state index contributed by atoms with van der Waals surface area (Å²) in [6, 6.07) is 15.5. The SMILES string of the molecule is O=C(Nc1nnc(CCc2ccccc2)s1)c1ccc([N+](=O)[O-])cc1. The van der Waals surface area contributed by atoms with Crippen LogP contribution in [-0.2, 0) is 12.8 Å². The number of aryl methyl sites for hydroxylation is 2. The molecular formula is C17H14N4O3S. The van der Waals surface area contributed by atoms with Crippen molar-refractivity contribution in [2.24, 2.45) is 0 Å². The number of nitrogens with one attached hydrogen (secondary N) is 1. The number of hydrogen-bond acceptors (Lipinski definition) is 6. The molecule has 1 heterocycles. The van der Waals surface area contributed by atoms with E-state index < -0.39 is 4.92 Å². The van der Waals surface area contributed by atoms with E-state index in [-0.39, 0.29) is 11.6 Å². The number of anilines is 1. The van der Waals surface area contributed by atoms with Crippen molar-refractivity contribution >= 4 is 28.1 Å². The van der Waals surface area contributed by atoms with Crippen molar-refractivity contribution in [3.63, 3.8) is 0 Å². The molecule has 0 spiro atoms. The quantitative estimate of drug-likeness (QED) is 0.540. The zero-order valence-corrected chi connectivity index (χ0v) is 13.9. The maximum absolute atomic E-state index is 12.1. The van der Waals surface area contributed by atoms with Gasteiger partial charge in [0.2, 0.25) is 5.13 Å². The maximum atomic E-state index is 12.1. The summed E-state index contributed by atoms with van der Waals surface area (Å²) in [5, 5.41) is 22.6. The number of nitro groups is 1. The Morgan fingerprint density at radius 1 is 1.04 bits per heavy atom. The molecule has 25 heavy (non-hydrogen) atoms. The fourth-order valence-electron chi connectivity index (χ4n) is 2.20. The fourth-order valence-corrected chi connectivity index (χ4v) is 2.94. The van der Waals surface area contributed by atoms with Crippen LogP contribution in [0.2, 0.25) is 0 Å². The number of aromatic nitrogens is 2. The van der Waals surface area contributed by atoms with E-state index in [1.807, 2.05) is 18.2 Å². The first-order valence-electron chi connectivity index (χ1n) is 7.54. The van der Waals surface area contributed by atoms with Gasteiger partial charge in [0, 0.05) is 24.1 Å². The predicted molar refractivity (Wildman–Crippen MR) is 94.8 cm³/mol. The Morgan fingerprint density at radius 2 is 1.76 bits per heavy atom. The van der Waals surface area contributed by atoms with Gasteiger partial charge in [-0.05, 0) is 24.1 Å². The molecule has 0 aliphatic rings. The molecular weight excluding hydrogens is 340 g/mol. The predicted octanol–water partition coefficient (Wildman–Crippen LogP) is 3.48. The average Bonchev–Trinajstić information content (AvgIpc) is 3.08. The molecule has 1 amide bonds. The Morgan fingerprint density at radius 3 is 2.44 bits per heavy atom. The number of benzene rings is 2. The molecule has 3 aromatic rings. The molecule has 0 aliphatic heterocycles. The smallest absolute Gasteiger partial charge is 0.269 e. The van der Waals surface area contributed by atoms with Gasteiger partial charge >= 0.3 is 0 Å². The van der Waals surface area contributed by atoms with Crippen LogP contribution in [0.5, 0.6) is 0 Å². The first-order chi connectivity index (χ1) is 12.1. The lowest BCUT2D eigenvalue weighted by molar-refractivity contribution is -0.384. The Labute approximate surface area is 147 Å². The Bertz CT molecular complexity index is 878. The third-order valence-corrected chi connectivity index (χ3v) is 4.40. The van der Waals surface area contributed by atoms with E-state index in [0.29, 0.717) is 10.7 Å². The van der Waals surface area contributed by atoms with Gasteiger partial charge in [-0.15, -0.1) is 10.2 Å². The van der Waals surface area contributed by atoms with Crippen LogP contribution in [0.4, 0.5) is 10.8 Å². The molecule has 8 heteroatoms. The maximum Gasteiger partial charge on any atom is 0.269 e. The zero-order valence-electron chi connectivity index (χ0n) is 13.1. The van der Waals surface area contributed by atoms with Crippen molar-refractivity contribution in [2.75, 3.05) is 5.32 Å². The minimum absolute atomic E-state index is 0.0596. The van der Waals surface area contributed by atoms with Crippen LogP contribution in [0, 0.1) is 10.1 Å². The molecule has 0 fully saturated rings. The van der Waals surface area contributed by atoms with Gasteiger partial charge in [0.25, 0.3) is 11.6 Å². The van der Waals surface area contributed by atoms with E-state index in [4.69, 9.17) is 0 Å². The van der Waals surface area contributed by atoms with E-state index in [9.17, 15) is 14.9 Å². The second-order valence-corrected chi connectivity index (χ2v) is 6.31. The standard InChI is InChI=1S/C17H14N4O3S/c22-16(13-7-9-14(10-8-13)21(23)24)18-17-20-19-15(25-17)11-6-12-4-2-1-3-5-12/h1-5,7-10H,6,11H2,(H,18,20,22). The third-order valence-electron chi connectivity index (χ3n) is 3.50. The van der Waals surface area contributed by atoms with Crippen LogP contribution in [0.25, 0.3) is 0 Å². The highest BCUT2D eigenvalue weighted by molar-refractivity contribution is 7.15. The number of nitrogens with zero attached hydrogens (tertiary/aromatic N) is 3. The van der Waals surface area contributed by atoms with E-state index in [1.165, 1.54) is 41.2 Å². The van der Waals surface area contributed by atoms with Crippen LogP contribution in [0.3, 0.4) is 0 Å². The van der Waals surface area contributed by atoms with E-state index >= 15 is 0 Å². The molecule has 0 unspecified atom stereocenters. The lowest BCUT2D eigenvalue weighted by atomic mass is 10.1. The van der Waals surface area contributed by atoms with Gasteiger partial charge in [0.05, 0.1) is 4.92 Å². The van der Waals surface area contributed by atoms with Gasteiger partial charge in [-0.25, -0.2) is 0 Å². The summed E-state index contributed by atoms with van der Waals surface area (Å²) in [5.41, 5.74) is 1.48. The highest BCUT2D eigenvalue weighted by Gasteiger charge is 2.12. The summed E-state index contributed by atoms with van der Waals surface area (Å²) in [6.45, 7) is 0. The van der Waals surface area contributed by atoms with Crippen LogP contribution in [-0.4, -0.2) is 21.0 Å². The first-order valence-corrected chi connectivity index (χ1v) is 8.35. The van der Waals surface area contributed by atoms with Gasteiger partial charge in [0.15, 0.2) is 0 Å². The largest absolute Gasteiger partial charge is 0.296 e. The number of carbonyl (C=O) groups excluding carboxylic acids is 1. The minimum atomic E-state index is -0.508. The summed E-state index contributed by atoms with van der Waals surface area (Å²) in [4.78, 5) is 22.3. The molecule has 1 aromatic heterocycles. The summed E-state index contributed by atoms with van der Waals surface area (Å²) >= 11 is 1.32. The highest BCUT2D eigenvalue weighted by atomic mass is 32.1. The van der Waals surface area contributed by atoms with E-state index in [0.717, 1.165) is 17.8 Å². The van der Waals surface area contributed by atoms with Gasteiger partial charge < -0.3 is 0 Å². The lowest BCUT2D eigenvalue weighted by Gasteiger charge is -2.00. The van der Waals surface area contributed by atoms with E-state index in [1.54, 1.807) is 0 Å². The number of carbonyl (C=O) groups is 1. The topological polar surface area (TPSA) is 98.0 Å². The molecule has 0 atom stereocenters. The van der Waals surface area contributed by atoms with Gasteiger partial charge in [-0.3, -0.25) is 20.2 Å². The Kier molecular flexibility index (Phi) is 5.10. The number of amides is 1. The number of nitro benzene ring substituents is 1. The molecule has 7 nitrogen and oxygen atoms in total. The lowest BCUT2D eigenvalue weighted by Crippen LogP contribution is -2.11. The van der Waals surface area contributed by atoms with Crippen molar-refractivity contribution in [2.45, 2.75) is 12.8 Å². The van der Waals surface area contributed by atoms with Gasteiger partial charge in [-0.1, -0.05) is 41.7 Å². The second-order valence-electron chi connectivity index (χ2n) is 5.24. The van der Waals surface area contributed by atoms with Crippen LogP contribution in [0.1, 0.15) is 20.9 Å². The van der Waals surface area contributed by atoms with Crippen LogP contribution < -0.4 is 5.32 Å². The molecule has 3 rings (SSSR count). The second kappa shape index (κ2) is 7.63. The summed E-state index contributed by atoms with van der Waals surface area (Å²) < 4.78 is 0. The number of rotatable bonds is 6. The van der Waals surface area contributed by atoms with Crippen molar-refractivity contribution in [3.8, 4) is 0 Å². The fraction of sp³-hybridized carbons (Fsp3) is 0.118. The minimum Gasteiger partial charge on any atom is -0.296 e. The molecule has 0 bridgehead atoms. The molecule has 1 N–H and O–H groups in total. The summed E-state index contributed by atoms with van der Waals surface area (Å²) in [5.74, 6) is -0.374. The normalized spacial score (nSPS) is 10.4. The monoisotopic (exact) mass is 354 g/mol. The average molecular weight is 354 g/mol. The zero-order chi connectivity index (χ0) is 17.6. The molecule has 0 saturated heterocycles. The molecule has 2 aromatic carbocycles. The number of hydrogen-bond donors (Lipinski definition) is 1. The van der Waals surface area contributed by atoms with Gasteiger partial charge in [-0.2, -0.15) is 0 Å². The molecule has 126 valence electrons. The molecule has 0 radical (unpaired) electrons. The Hall–Kier alpha value is -3.13. The Balaban J connectivity index is 1.58. The van der Waals surface area contributed by atoms with Crippen LogP contribution in [0.15, 0.2) is 54.6 Å².